The second kappa shape index (κ2) is 7.53. The van der Waals surface area contributed by atoms with E-state index in [2.05, 4.69) is 15.5 Å². The van der Waals surface area contributed by atoms with Gasteiger partial charge in [-0.2, -0.15) is 0 Å². The van der Waals surface area contributed by atoms with E-state index in [9.17, 15) is 14.0 Å². The van der Waals surface area contributed by atoms with Gasteiger partial charge in [0.15, 0.2) is 0 Å². The van der Waals surface area contributed by atoms with Crippen molar-refractivity contribution in [3.63, 3.8) is 0 Å². The van der Waals surface area contributed by atoms with E-state index in [1.807, 2.05) is 6.92 Å². The van der Waals surface area contributed by atoms with Gasteiger partial charge in [-0.15, -0.1) is 0 Å². The molecule has 0 saturated carbocycles. The number of halogens is 1. The Hall–Kier alpha value is -2.03. The van der Waals surface area contributed by atoms with Gasteiger partial charge in [0.1, 0.15) is 5.82 Å². The van der Waals surface area contributed by atoms with Crippen LogP contribution in [0, 0.1) is 5.82 Å². The van der Waals surface area contributed by atoms with Crippen molar-refractivity contribution in [1.29, 1.82) is 0 Å². The normalized spacial score (nSPS) is 28.7. The zero-order chi connectivity index (χ0) is 19.0. The molecule has 0 spiro atoms. The first-order valence-electron chi connectivity index (χ1n) is 9.50. The molecule has 3 unspecified atom stereocenters. The average Bonchev–Trinajstić information content (AvgIpc) is 3.07. The predicted molar refractivity (Wildman–Crippen MR) is 97.5 cm³/mol. The van der Waals surface area contributed by atoms with Crippen LogP contribution in [0.2, 0.25) is 0 Å². The molecule has 4 rings (SSSR count). The Morgan fingerprint density at radius 2 is 2.22 bits per heavy atom. The van der Waals surface area contributed by atoms with Gasteiger partial charge in [-0.25, -0.2) is 4.39 Å². The molecular weight excluding hydrogens is 351 g/mol. The van der Waals surface area contributed by atoms with E-state index in [0.29, 0.717) is 37.2 Å². The number of benzene rings is 1. The molecule has 0 radical (unpaired) electrons. The van der Waals surface area contributed by atoms with Crippen molar-refractivity contribution >= 4 is 17.5 Å². The summed E-state index contributed by atoms with van der Waals surface area (Å²) in [5.74, 6) is -0.454. The maximum absolute atomic E-state index is 13.9. The molecule has 0 bridgehead atoms. The number of fused-ring (bicyclic) bond motifs is 1. The number of ether oxygens (including phenoxy) is 1. The molecule has 3 atom stereocenters. The molecule has 2 saturated heterocycles. The van der Waals surface area contributed by atoms with Crippen LogP contribution in [-0.2, 0) is 20.7 Å². The van der Waals surface area contributed by atoms with Crippen molar-refractivity contribution in [2.45, 2.75) is 44.6 Å². The summed E-state index contributed by atoms with van der Waals surface area (Å²) in [7, 11) is 0. The molecule has 1 aromatic rings. The van der Waals surface area contributed by atoms with Crippen LogP contribution < -0.4 is 15.5 Å². The SMILES string of the molecule is CC1CN(C2CC(=O)NC(CC(=O)N3CCc4c(F)cccc43)N2)CCO1. The minimum absolute atomic E-state index is 0.0661. The molecule has 0 aliphatic carbocycles. The Morgan fingerprint density at radius 3 is 3.04 bits per heavy atom. The van der Waals surface area contributed by atoms with E-state index in [4.69, 9.17) is 4.74 Å². The Bertz CT molecular complexity index is 744. The molecule has 0 aromatic heterocycles. The van der Waals surface area contributed by atoms with Crippen molar-refractivity contribution in [2.75, 3.05) is 31.1 Å². The third kappa shape index (κ3) is 3.83. The topological polar surface area (TPSA) is 73.9 Å². The van der Waals surface area contributed by atoms with Crippen LogP contribution in [0.25, 0.3) is 0 Å². The summed E-state index contributed by atoms with van der Waals surface area (Å²) in [5.41, 5.74) is 1.23. The van der Waals surface area contributed by atoms with Gasteiger partial charge in [-0.1, -0.05) is 6.07 Å². The van der Waals surface area contributed by atoms with Gasteiger partial charge < -0.3 is 15.0 Å². The zero-order valence-corrected chi connectivity index (χ0v) is 15.4. The lowest BCUT2D eigenvalue weighted by Crippen LogP contribution is -2.64. The van der Waals surface area contributed by atoms with E-state index >= 15 is 0 Å². The third-order valence-corrected chi connectivity index (χ3v) is 5.47. The van der Waals surface area contributed by atoms with Crippen molar-refractivity contribution in [3.05, 3.63) is 29.6 Å². The number of morpholine rings is 1. The molecule has 8 heteroatoms. The first-order valence-corrected chi connectivity index (χ1v) is 9.50. The van der Waals surface area contributed by atoms with Crippen LogP contribution in [0.4, 0.5) is 10.1 Å². The standard InChI is InChI=1S/C19H25FN4O3/c1-12-11-23(7-8-27-12)17-10-18(25)22-16(21-17)9-19(26)24-6-5-13-14(20)3-2-4-15(13)24/h2-4,12,16-17,21H,5-11H2,1H3,(H,22,25). The lowest BCUT2D eigenvalue weighted by molar-refractivity contribution is -0.129. The van der Waals surface area contributed by atoms with Gasteiger partial charge in [-0.3, -0.25) is 19.8 Å². The molecule has 2 fully saturated rings. The highest BCUT2D eigenvalue weighted by molar-refractivity contribution is 5.96. The quantitative estimate of drug-likeness (QED) is 0.808. The van der Waals surface area contributed by atoms with Gasteiger partial charge in [0.25, 0.3) is 0 Å². The smallest absolute Gasteiger partial charge is 0.230 e. The number of nitrogens with one attached hydrogen (secondary N) is 2. The number of rotatable bonds is 3. The van der Waals surface area contributed by atoms with Crippen molar-refractivity contribution < 1.29 is 18.7 Å². The largest absolute Gasteiger partial charge is 0.376 e. The number of amides is 2. The molecule has 1 aromatic carbocycles. The van der Waals surface area contributed by atoms with Crippen LogP contribution in [0.3, 0.4) is 0 Å². The summed E-state index contributed by atoms with van der Waals surface area (Å²) in [4.78, 5) is 28.8. The summed E-state index contributed by atoms with van der Waals surface area (Å²) in [5, 5.41) is 6.24. The summed E-state index contributed by atoms with van der Waals surface area (Å²) < 4.78 is 19.5. The highest BCUT2D eigenvalue weighted by atomic mass is 19.1. The van der Waals surface area contributed by atoms with E-state index in [-0.39, 0.29) is 36.3 Å². The Kier molecular flexibility index (Phi) is 5.12. The van der Waals surface area contributed by atoms with Crippen LogP contribution in [0.5, 0.6) is 0 Å². The number of hydrogen-bond acceptors (Lipinski definition) is 5. The first kappa shape index (κ1) is 18.3. The number of carbonyl (C=O) groups excluding carboxylic acids is 2. The summed E-state index contributed by atoms with van der Waals surface area (Å²) >= 11 is 0. The Balaban J connectivity index is 1.41. The van der Waals surface area contributed by atoms with Crippen molar-refractivity contribution in [2.24, 2.45) is 0 Å². The summed E-state index contributed by atoms with van der Waals surface area (Å²) in [6.07, 6.45) is 0.604. The summed E-state index contributed by atoms with van der Waals surface area (Å²) in [6.45, 7) is 4.64. The van der Waals surface area contributed by atoms with Crippen LogP contribution in [0.15, 0.2) is 18.2 Å². The number of carbonyl (C=O) groups is 2. The molecule has 146 valence electrons. The van der Waals surface area contributed by atoms with Crippen molar-refractivity contribution in [3.8, 4) is 0 Å². The first-order chi connectivity index (χ1) is 13.0. The maximum Gasteiger partial charge on any atom is 0.230 e. The number of hydrogen-bond donors (Lipinski definition) is 2. The zero-order valence-electron chi connectivity index (χ0n) is 15.4. The van der Waals surface area contributed by atoms with Crippen LogP contribution in [0.1, 0.15) is 25.3 Å². The highest BCUT2D eigenvalue weighted by Gasteiger charge is 2.35. The fourth-order valence-corrected chi connectivity index (χ4v) is 4.17. The molecule has 7 nitrogen and oxygen atoms in total. The molecule has 27 heavy (non-hydrogen) atoms. The van der Waals surface area contributed by atoms with Gasteiger partial charge >= 0.3 is 0 Å². The average molecular weight is 376 g/mol. The molecule has 3 heterocycles. The fourth-order valence-electron chi connectivity index (χ4n) is 4.17. The minimum atomic E-state index is -0.431. The number of nitrogens with zero attached hydrogens (tertiary/aromatic N) is 2. The van der Waals surface area contributed by atoms with Gasteiger partial charge in [0.2, 0.25) is 11.8 Å². The van der Waals surface area contributed by atoms with Gasteiger partial charge in [0, 0.05) is 30.9 Å². The number of anilines is 1. The highest BCUT2D eigenvalue weighted by Crippen LogP contribution is 2.30. The Morgan fingerprint density at radius 1 is 1.37 bits per heavy atom. The van der Waals surface area contributed by atoms with Gasteiger partial charge in [0.05, 0.1) is 37.9 Å². The molecule has 3 aliphatic rings. The minimum Gasteiger partial charge on any atom is -0.376 e. The predicted octanol–water partition coefficient (Wildman–Crippen LogP) is 0.587. The van der Waals surface area contributed by atoms with E-state index < -0.39 is 6.17 Å². The van der Waals surface area contributed by atoms with Crippen LogP contribution in [-0.4, -0.2) is 61.4 Å². The molecule has 3 aliphatic heterocycles. The monoisotopic (exact) mass is 376 g/mol. The lowest BCUT2D eigenvalue weighted by atomic mass is 10.1. The Labute approximate surface area is 157 Å². The van der Waals surface area contributed by atoms with Crippen molar-refractivity contribution in [1.82, 2.24) is 15.5 Å². The molecular formula is C19H25FN4O3. The lowest BCUT2D eigenvalue weighted by Gasteiger charge is -2.41. The van der Waals surface area contributed by atoms with E-state index in [1.165, 1.54) is 6.07 Å². The maximum atomic E-state index is 13.9. The van der Waals surface area contributed by atoms with Gasteiger partial charge in [-0.05, 0) is 25.5 Å². The molecule has 2 N–H and O–H groups in total. The second-order valence-corrected chi connectivity index (χ2v) is 7.42. The summed E-state index contributed by atoms with van der Waals surface area (Å²) in [6, 6.07) is 4.81. The second-order valence-electron chi connectivity index (χ2n) is 7.42. The van der Waals surface area contributed by atoms with Crippen LogP contribution >= 0.6 is 0 Å². The van der Waals surface area contributed by atoms with E-state index in [1.54, 1.807) is 17.0 Å². The molecule has 2 amide bonds. The fraction of sp³-hybridized carbons (Fsp3) is 0.579. The third-order valence-electron chi connectivity index (χ3n) is 5.47. The van der Waals surface area contributed by atoms with E-state index in [0.717, 1.165) is 13.1 Å².